The fourth-order valence-electron chi connectivity index (χ4n) is 2.53. The van der Waals surface area contributed by atoms with Crippen LogP contribution in [0.4, 0.5) is 0 Å². The highest BCUT2D eigenvalue weighted by atomic mass is 32.1. The number of amides is 1. The van der Waals surface area contributed by atoms with Gasteiger partial charge < -0.3 is 9.64 Å². The second-order valence-electron chi connectivity index (χ2n) is 5.14. The summed E-state index contributed by atoms with van der Waals surface area (Å²) in [6.45, 7) is 2.51. The van der Waals surface area contributed by atoms with Gasteiger partial charge in [0, 0.05) is 11.4 Å². The molecule has 1 aromatic rings. The summed E-state index contributed by atoms with van der Waals surface area (Å²) < 4.78 is 4.67. The third-order valence-electron chi connectivity index (χ3n) is 3.70. The fourth-order valence-corrected chi connectivity index (χ4v) is 3.33. The number of carbonyl (C=O) groups excluding carboxylic acids is 2. The van der Waals surface area contributed by atoms with Crippen LogP contribution in [0, 0.1) is 0 Å². The number of nitrogens with zero attached hydrogens (tertiary/aromatic N) is 1. The van der Waals surface area contributed by atoms with Crippen molar-refractivity contribution in [2.45, 2.75) is 44.8 Å². The van der Waals surface area contributed by atoms with Gasteiger partial charge in [0.05, 0.1) is 19.6 Å². The van der Waals surface area contributed by atoms with Gasteiger partial charge in [-0.25, -0.2) is 0 Å². The summed E-state index contributed by atoms with van der Waals surface area (Å²) in [6.07, 6.45) is 3.03. The Morgan fingerprint density at radius 3 is 2.95 bits per heavy atom. The molecule has 0 aromatic carbocycles. The zero-order chi connectivity index (χ0) is 15.2. The van der Waals surface area contributed by atoms with Gasteiger partial charge in [0.1, 0.15) is 6.17 Å². The second kappa shape index (κ2) is 7.56. The van der Waals surface area contributed by atoms with Crippen molar-refractivity contribution in [2.75, 3.05) is 13.7 Å². The van der Waals surface area contributed by atoms with E-state index in [-0.39, 0.29) is 30.5 Å². The standard InChI is InChI=1S/C15H22N2O3S/c1-3-4-6-11-15(19)17(9-8-13(18)20-2)14(16-11)12-7-5-10-21-12/h5,7,10-11,14,16H,3-4,6,8-9H2,1-2H3. The molecule has 1 aliphatic rings. The predicted octanol–water partition coefficient (Wildman–Crippen LogP) is 2.30. The number of hydrogen-bond acceptors (Lipinski definition) is 5. The molecule has 1 amide bonds. The minimum atomic E-state index is -0.287. The molecule has 0 bridgehead atoms. The van der Waals surface area contributed by atoms with Crippen LogP contribution in [-0.2, 0) is 14.3 Å². The molecule has 116 valence electrons. The number of ether oxygens (including phenoxy) is 1. The maximum absolute atomic E-state index is 12.5. The van der Waals surface area contributed by atoms with E-state index >= 15 is 0 Å². The SMILES string of the molecule is CCCCC1NC(c2cccs2)N(CCC(=O)OC)C1=O. The van der Waals surface area contributed by atoms with E-state index in [0.717, 1.165) is 24.1 Å². The molecule has 0 aliphatic carbocycles. The molecule has 6 heteroatoms. The molecule has 0 radical (unpaired) electrons. The van der Waals surface area contributed by atoms with E-state index in [1.165, 1.54) is 7.11 Å². The van der Waals surface area contributed by atoms with E-state index in [4.69, 9.17) is 0 Å². The first-order chi connectivity index (χ1) is 10.2. The molecule has 1 fully saturated rings. The molecular formula is C15H22N2O3S. The Morgan fingerprint density at radius 2 is 2.33 bits per heavy atom. The Kier molecular flexibility index (Phi) is 5.76. The molecule has 2 atom stereocenters. The summed E-state index contributed by atoms with van der Waals surface area (Å²) in [4.78, 5) is 26.7. The number of methoxy groups -OCH3 is 1. The molecular weight excluding hydrogens is 288 g/mol. The first-order valence-electron chi connectivity index (χ1n) is 7.34. The van der Waals surface area contributed by atoms with Gasteiger partial charge in [-0.1, -0.05) is 25.8 Å². The van der Waals surface area contributed by atoms with E-state index in [0.29, 0.717) is 6.54 Å². The van der Waals surface area contributed by atoms with Crippen molar-refractivity contribution in [3.8, 4) is 0 Å². The first-order valence-corrected chi connectivity index (χ1v) is 8.22. The molecule has 2 heterocycles. The van der Waals surface area contributed by atoms with Gasteiger partial charge >= 0.3 is 5.97 Å². The predicted molar refractivity (Wildman–Crippen MR) is 81.9 cm³/mol. The lowest BCUT2D eigenvalue weighted by Gasteiger charge is -2.22. The van der Waals surface area contributed by atoms with Crippen molar-refractivity contribution < 1.29 is 14.3 Å². The summed E-state index contributed by atoms with van der Waals surface area (Å²) in [5.74, 6) is -0.199. The molecule has 21 heavy (non-hydrogen) atoms. The first kappa shape index (κ1) is 16.0. The topological polar surface area (TPSA) is 58.6 Å². The van der Waals surface area contributed by atoms with Gasteiger partial charge in [-0.2, -0.15) is 0 Å². The van der Waals surface area contributed by atoms with Crippen LogP contribution < -0.4 is 5.32 Å². The van der Waals surface area contributed by atoms with Crippen molar-refractivity contribution in [2.24, 2.45) is 0 Å². The van der Waals surface area contributed by atoms with Crippen LogP contribution in [0.25, 0.3) is 0 Å². The number of rotatable bonds is 7. The summed E-state index contributed by atoms with van der Waals surface area (Å²) in [5, 5.41) is 5.40. The maximum Gasteiger partial charge on any atom is 0.307 e. The van der Waals surface area contributed by atoms with Crippen LogP contribution in [0.3, 0.4) is 0 Å². The lowest BCUT2D eigenvalue weighted by molar-refractivity contribution is -0.141. The molecule has 0 saturated carbocycles. The van der Waals surface area contributed by atoms with E-state index in [2.05, 4.69) is 17.0 Å². The van der Waals surface area contributed by atoms with E-state index in [1.54, 1.807) is 16.2 Å². The van der Waals surface area contributed by atoms with Crippen LogP contribution in [0.15, 0.2) is 17.5 Å². The van der Waals surface area contributed by atoms with Gasteiger partial charge in [0.2, 0.25) is 5.91 Å². The number of hydrogen-bond donors (Lipinski definition) is 1. The van der Waals surface area contributed by atoms with Gasteiger partial charge in [-0.05, 0) is 17.9 Å². The Morgan fingerprint density at radius 1 is 1.52 bits per heavy atom. The number of unbranched alkanes of at least 4 members (excludes halogenated alkanes) is 1. The molecule has 5 nitrogen and oxygen atoms in total. The zero-order valence-corrected chi connectivity index (χ0v) is 13.3. The van der Waals surface area contributed by atoms with Crippen LogP contribution in [0.5, 0.6) is 0 Å². The third-order valence-corrected chi connectivity index (χ3v) is 4.62. The summed E-state index contributed by atoms with van der Waals surface area (Å²) in [5.41, 5.74) is 0. The highest BCUT2D eigenvalue weighted by Crippen LogP contribution is 2.30. The smallest absolute Gasteiger partial charge is 0.307 e. The van der Waals surface area contributed by atoms with E-state index in [9.17, 15) is 9.59 Å². The summed E-state index contributed by atoms with van der Waals surface area (Å²) in [7, 11) is 1.37. The maximum atomic E-state index is 12.5. The molecule has 1 aliphatic heterocycles. The third kappa shape index (κ3) is 3.83. The van der Waals surface area contributed by atoms with Crippen molar-refractivity contribution in [1.82, 2.24) is 10.2 Å². The fraction of sp³-hybridized carbons (Fsp3) is 0.600. The van der Waals surface area contributed by atoms with Crippen molar-refractivity contribution in [1.29, 1.82) is 0 Å². The van der Waals surface area contributed by atoms with Gasteiger partial charge in [-0.3, -0.25) is 14.9 Å². The monoisotopic (exact) mass is 310 g/mol. The molecule has 0 spiro atoms. The Labute approximate surface area is 129 Å². The minimum absolute atomic E-state index is 0.0887. The zero-order valence-electron chi connectivity index (χ0n) is 12.5. The summed E-state index contributed by atoms with van der Waals surface area (Å²) in [6, 6.07) is 3.85. The molecule has 1 N–H and O–H groups in total. The average molecular weight is 310 g/mol. The van der Waals surface area contributed by atoms with E-state index < -0.39 is 0 Å². The lowest BCUT2D eigenvalue weighted by Crippen LogP contribution is -2.33. The highest BCUT2D eigenvalue weighted by molar-refractivity contribution is 7.10. The Hall–Kier alpha value is -1.40. The van der Waals surface area contributed by atoms with Crippen LogP contribution in [-0.4, -0.2) is 36.5 Å². The number of thiophene rings is 1. The summed E-state index contributed by atoms with van der Waals surface area (Å²) >= 11 is 1.62. The average Bonchev–Trinajstić information content (AvgIpc) is 3.11. The lowest BCUT2D eigenvalue weighted by atomic mass is 10.1. The van der Waals surface area contributed by atoms with Gasteiger partial charge in [0.15, 0.2) is 0 Å². The van der Waals surface area contributed by atoms with Crippen LogP contribution >= 0.6 is 11.3 Å². The van der Waals surface area contributed by atoms with E-state index in [1.807, 2.05) is 17.5 Å². The van der Waals surface area contributed by atoms with Crippen LogP contribution in [0.2, 0.25) is 0 Å². The quantitative estimate of drug-likeness (QED) is 0.785. The molecule has 2 unspecified atom stereocenters. The molecule has 1 saturated heterocycles. The normalized spacial score (nSPS) is 21.8. The second-order valence-corrected chi connectivity index (χ2v) is 6.12. The van der Waals surface area contributed by atoms with Crippen molar-refractivity contribution in [3.05, 3.63) is 22.4 Å². The van der Waals surface area contributed by atoms with Crippen LogP contribution in [0.1, 0.15) is 43.6 Å². The Bertz CT molecular complexity index is 475. The van der Waals surface area contributed by atoms with Gasteiger partial charge in [-0.15, -0.1) is 11.3 Å². The number of nitrogens with one attached hydrogen (secondary N) is 1. The minimum Gasteiger partial charge on any atom is -0.469 e. The number of carbonyl (C=O) groups is 2. The molecule has 1 aromatic heterocycles. The Balaban J connectivity index is 2.08. The number of esters is 1. The highest BCUT2D eigenvalue weighted by Gasteiger charge is 2.39. The van der Waals surface area contributed by atoms with Crippen molar-refractivity contribution in [3.63, 3.8) is 0 Å². The molecule has 2 rings (SSSR count). The largest absolute Gasteiger partial charge is 0.469 e. The van der Waals surface area contributed by atoms with Crippen molar-refractivity contribution >= 4 is 23.2 Å². The van der Waals surface area contributed by atoms with Gasteiger partial charge in [0.25, 0.3) is 0 Å².